The first-order valence-electron chi connectivity index (χ1n) is 4.45. The van der Waals surface area contributed by atoms with Crippen LogP contribution in [0.25, 0.3) is 0 Å². The van der Waals surface area contributed by atoms with E-state index < -0.39 is 0 Å². The van der Waals surface area contributed by atoms with Crippen molar-refractivity contribution in [3.8, 4) is 0 Å². The molecule has 1 aromatic heterocycles. The first-order chi connectivity index (χ1) is 6.79. The molecule has 2 heterocycles. The molecule has 1 saturated heterocycles. The van der Waals surface area contributed by atoms with Crippen molar-refractivity contribution >= 4 is 59.6 Å². The molecule has 0 spiro atoms. The summed E-state index contributed by atoms with van der Waals surface area (Å²) in [5.41, 5.74) is 0. The molecule has 0 saturated carbocycles. The van der Waals surface area contributed by atoms with Crippen molar-refractivity contribution in [1.29, 1.82) is 0 Å². The summed E-state index contributed by atoms with van der Waals surface area (Å²) in [5.74, 6) is 0.808. The minimum atomic E-state index is 0. The van der Waals surface area contributed by atoms with Gasteiger partial charge in [0.15, 0.2) is 0 Å². The van der Waals surface area contributed by atoms with Gasteiger partial charge in [0.05, 0.1) is 18.2 Å². The summed E-state index contributed by atoms with van der Waals surface area (Å²) < 4.78 is 5.26. The molecule has 0 aromatic carbocycles. The van der Waals surface area contributed by atoms with Gasteiger partial charge in [-0.15, -0.1) is 12.6 Å². The molecule has 0 amide bonds. The van der Waals surface area contributed by atoms with Crippen LogP contribution in [0.3, 0.4) is 0 Å². The molecule has 0 N–H and O–H groups in total. The predicted octanol–water partition coefficient (Wildman–Crippen LogP) is 1.21. The van der Waals surface area contributed by atoms with Gasteiger partial charge < -0.3 is 9.64 Å². The number of hydrogen-bond acceptors (Lipinski definition) is 4. The topological polar surface area (TPSA) is 25.4 Å². The van der Waals surface area contributed by atoms with Crippen molar-refractivity contribution in [2.24, 2.45) is 0 Å². The Morgan fingerprint density at radius 2 is 2.07 bits per heavy atom. The van der Waals surface area contributed by atoms with Crippen molar-refractivity contribution in [2.75, 3.05) is 31.2 Å². The third-order valence-electron chi connectivity index (χ3n) is 2.16. The number of thiol groups is 1. The zero-order chi connectivity index (χ0) is 9.97. The van der Waals surface area contributed by atoms with Gasteiger partial charge in [-0.1, -0.05) is 11.6 Å². The Labute approximate surface area is 122 Å². The van der Waals surface area contributed by atoms with Gasteiger partial charge in [0.2, 0.25) is 0 Å². The van der Waals surface area contributed by atoms with Crippen LogP contribution in [0.4, 0.5) is 5.82 Å². The second-order valence-electron chi connectivity index (χ2n) is 3.07. The third-order valence-corrected chi connectivity index (χ3v) is 3.04. The molecule has 1 aliphatic rings. The van der Waals surface area contributed by atoms with Gasteiger partial charge in [-0.05, 0) is 6.07 Å². The fourth-order valence-corrected chi connectivity index (χ4v) is 1.82. The molecule has 3 nitrogen and oxygen atoms in total. The second kappa shape index (κ2) is 6.33. The fraction of sp³-hybridized carbons (Fsp3) is 0.444. The Kier molecular flexibility index (Phi) is 5.74. The van der Waals surface area contributed by atoms with Gasteiger partial charge in [-0.25, -0.2) is 4.98 Å². The van der Waals surface area contributed by atoms with Gasteiger partial charge in [0.1, 0.15) is 5.82 Å². The van der Waals surface area contributed by atoms with E-state index in [4.69, 9.17) is 16.3 Å². The Balaban J connectivity index is 0.00000112. The molecule has 6 heteroatoms. The number of anilines is 1. The Bertz CT molecular complexity index is 334. The summed E-state index contributed by atoms with van der Waals surface area (Å²) in [6.45, 7) is 3.14. The van der Waals surface area contributed by atoms with Crippen LogP contribution in [0.5, 0.6) is 0 Å². The van der Waals surface area contributed by atoms with Crippen LogP contribution in [-0.4, -0.2) is 60.8 Å². The predicted molar refractivity (Wildman–Crippen MR) is 66.7 cm³/mol. The monoisotopic (exact) mass is 254 g/mol. The normalized spacial score (nSPS) is 16.0. The summed E-state index contributed by atoms with van der Waals surface area (Å²) in [4.78, 5) is 7.14. The van der Waals surface area contributed by atoms with Crippen LogP contribution < -0.4 is 4.90 Å². The number of pyridine rings is 1. The number of nitrogens with zero attached hydrogens (tertiary/aromatic N) is 2. The second-order valence-corrected chi connectivity index (χ2v) is 3.93. The van der Waals surface area contributed by atoms with Gasteiger partial charge in [-0.3, -0.25) is 0 Å². The molecule has 2 rings (SSSR count). The van der Waals surface area contributed by atoms with Crippen molar-refractivity contribution in [1.82, 2.24) is 4.98 Å². The molecule has 0 unspecified atom stereocenters. The molecule has 0 bridgehead atoms. The van der Waals surface area contributed by atoms with Crippen LogP contribution in [0.15, 0.2) is 17.2 Å². The van der Waals surface area contributed by atoms with E-state index in [1.54, 1.807) is 12.3 Å². The summed E-state index contributed by atoms with van der Waals surface area (Å²) in [5, 5.41) is 0.623. The SMILES string of the molecule is Sc1ccnc(N2CCOCC2)c1Cl.[NaH]. The van der Waals surface area contributed by atoms with Crippen LogP contribution in [-0.2, 0) is 4.74 Å². The average molecular weight is 255 g/mol. The van der Waals surface area contributed by atoms with E-state index in [1.165, 1.54) is 0 Å². The number of ether oxygens (including phenoxy) is 1. The third kappa shape index (κ3) is 3.25. The standard InChI is InChI=1S/C9H11ClN2OS.Na.H/c10-8-7(14)1-2-11-9(8)12-3-5-13-6-4-12;;/h1-2H,3-6H2,(H,11,14);;. The van der Waals surface area contributed by atoms with E-state index in [0.717, 1.165) is 37.0 Å². The number of rotatable bonds is 1. The number of morpholine rings is 1. The van der Waals surface area contributed by atoms with Gasteiger partial charge >= 0.3 is 29.6 Å². The Morgan fingerprint density at radius 3 is 2.73 bits per heavy atom. The first kappa shape index (κ1) is 13.6. The van der Waals surface area contributed by atoms with Crippen LogP contribution >= 0.6 is 24.2 Å². The first-order valence-corrected chi connectivity index (χ1v) is 5.27. The van der Waals surface area contributed by atoms with Crippen LogP contribution in [0, 0.1) is 0 Å². The van der Waals surface area contributed by atoms with Gasteiger partial charge in [-0.2, -0.15) is 0 Å². The Morgan fingerprint density at radius 1 is 1.40 bits per heavy atom. The summed E-state index contributed by atoms with van der Waals surface area (Å²) in [6, 6.07) is 1.79. The molecular weight excluding hydrogens is 243 g/mol. The molecule has 1 fully saturated rings. The van der Waals surface area contributed by atoms with E-state index in [1.807, 2.05) is 0 Å². The minimum absolute atomic E-state index is 0. The average Bonchev–Trinajstić information content (AvgIpc) is 2.23. The van der Waals surface area contributed by atoms with E-state index in [9.17, 15) is 0 Å². The maximum absolute atomic E-state index is 6.11. The van der Waals surface area contributed by atoms with Crippen LogP contribution in [0.1, 0.15) is 0 Å². The molecule has 0 aliphatic carbocycles. The zero-order valence-corrected chi connectivity index (χ0v) is 9.26. The molecule has 1 aliphatic heterocycles. The van der Waals surface area contributed by atoms with Crippen molar-refractivity contribution in [2.45, 2.75) is 4.90 Å². The van der Waals surface area contributed by atoms with Gasteiger partial charge in [0.25, 0.3) is 0 Å². The molecule has 15 heavy (non-hydrogen) atoms. The van der Waals surface area contributed by atoms with E-state index in [2.05, 4.69) is 22.5 Å². The van der Waals surface area contributed by atoms with Crippen molar-refractivity contribution < 1.29 is 4.74 Å². The number of hydrogen-bond donors (Lipinski definition) is 1. The van der Waals surface area contributed by atoms with E-state index in [-0.39, 0.29) is 29.6 Å². The quantitative estimate of drug-likeness (QED) is 0.603. The van der Waals surface area contributed by atoms with Crippen LogP contribution in [0.2, 0.25) is 5.02 Å². The maximum atomic E-state index is 6.11. The molecular formula is C9H12ClN2NaOS. The number of halogens is 1. The molecule has 0 radical (unpaired) electrons. The van der Waals surface area contributed by atoms with Crippen molar-refractivity contribution in [3.05, 3.63) is 17.3 Å². The molecule has 0 atom stereocenters. The zero-order valence-electron chi connectivity index (χ0n) is 7.61. The summed E-state index contributed by atoms with van der Waals surface area (Å²) in [6.07, 6.45) is 1.72. The summed E-state index contributed by atoms with van der Waals surface area (Å²) in [7, 11) is 0. The number of aromatic nitrogens is 1. The van der Waals surface area contributed by atoms with Gasteiger partial charge in [0, 0.05) is 24.2 Å². The molecule has 78 valence electrons. The Hall–Kier alpha value is 0.550. The van der Waals surface area contributed by atoms with Crippen molar-refractivity contribution in [3.63, 3.8) is 0 Å². The summed E-state index contributed by atoms with van der Waals surface area (Å²) >= 11 is 10.4. The van der Waals surface area contributed by atoms with E-state index in [0.29, 0.717) is 5.02 Å². The fourth-order valence-electron chi connectivity index (χ4n) is 1.42. The van der Waals surface area contributed by atoms with E-state index >= 15 is 0 Å². The molecule has 1 aromatic rings.